The van der Waals surface area contributed by atoms with Gasteiger partial charge in [0.2, 0.25) is 5.91 Å². The number of β-amino-alcohol motifs (C(OH)–C–C–N with tert-alkyl or cyclic N) is 1. The molecule has 1 saturated heterocycles. The van der Waals surface area contributed by atoms with Crippen LogP contribution >= 0.6 is 0 Å². The lowest BCUT2D eigenvalue weighted by atomic mass is 10.1. The van der Waals surface area contributed by atoms with Gasteiger partial charge < -0.3 is 15.7 Å². The number of hydrogen-bond acceptors (Lipinski definition) is 4. The second-order valence-corrected chi connectivity index (χ2v) is 5.81. The predicted molar refractivity (Wildman–Crippen MR) is 82.7 cm³/mol. The highest BCUT2D eigenvalue weighted by atomic mass is 16.3. The lowest BCUT2D eigenvalue weighted by Gasteiger charge is -2.25. The standard InChI is InChI=1S/C16H25N3O2/c1-12(19(2)11-13-6-4-3-5-7-13)16(21)18-9-14-8-17-10-15(14)20/h3-7,12,14-15,17,20H,8-11H2,1-2H3,(H,18,21). The smallest absolute Gasteiger partial charge is 0.237 e. The van der Waals surface area contributed by atoms with Gasteiger partial charge in [-0.3, -0.25) is 9.69 Å². The summed E-state index contributed by atoms with van der Waals surface area (Å²) in [6.07, 6.45) is -0.359. The quantitative estimate of drug-likeness (QED) is 0.701. The van der Waals surface area contributed by atoms with Gasteiger partial charge in [-0.2, -0.15) is 0 Å². The molecular formula is C16H25N3O2. The number of carbonyl (C=O) groups is 1. The molecule has 0 aliphatic carbocycles. The highest BCUT2D eigenvalue weighted by Crippen LogP contribution is 2.09. The number of aliphatic hydroxyl groups is 1. The number of benzene rings is 1. The molecule has 21 heavy (non-hydrogen) atoms. The zero-order valence-electron chi connectivity index (χ0n) is 12.7. The van der Waals surface area contributed by atoms with Crippen molar-refractivity contribution in [1.82, 2.24) is 15.5 Å². The zero-order valence-corrected chi connectivity index (χ0v) is 12.7. The molecule has 0 aromatic heterocycles. The normalized spacial score (nSPS) is 23.2. The first-order valence-corrected chi connectivity index (χ1v) is 7.48. The van der Waals surface area contributed by atoms with Crippen LogP contribution in [0, 0.1) is 5.92 Å². The second kappa shape index (κ2) is 7.54. The summed E-state index contributed by atoms with van der Waals surface area (Å²) in [5.41, 5.74) is 1.19. The molecule has 0 spiro atoms. The van der Waals surface area contributed by atoms with Crippen molar-refractivity contribution in [2.75, 3.05) is 26.7 Å². The maximum absolute atomic E-state index is 12.2. The first kappa shape index (κ1) is 15.9. The number of hydrogen-bond donors (Lipinski definition) is 3. The summed E-state index contributed by atoms with van der Waals surface area (Å²) in [6, 6.07) is 9.91. The topological polar surface area (TPSA) is 64.6 Å². The van der Waals surface area contributed by atoms with Crippen molar-refractivity contribution in [3.05, 3.63) is 35.9 Å². The largest absolute Gasteiger partial charge is 0.391 e. The van der Waals surface area contributed by atoms with Gasteiger partial charge in [-0.15, -0.1) is 0 Å². The number of rotatable bonds is 6. The van der Waals surface area contributed by atoms with E-state index in [2.05, 4.69) is 22.8 Å². The van der Waals surface area contributed by atoms with Crippen LogP contribution in [0.15, 0.2) is 30.3 Å². The number of carbonyl (C=O) groups excluding carboxylic acids is 1. The Bertz CT molecular complexity index is 452. The molecule has 3 unspecified atom stereocenters. The van der Waals surface area contributed by atoms with Gasteiger partial charge >= 0.3 is 0 Å². The van der Waals surface area contributed by atoms with Crippen LogP contribution in [0.4, 0.5) is 0 Å². The van der Waals surface area contributed by atoms with Gasteiger partial charge in [-0.25, -0.2) is 0 Å². The minimum absolute atomic E-state index is 0.00697. The number of aliphatic hydroxyl groups excluding tert-OH is 1. The van der Waals surface area contributed by atoms with E-state index in [4.69, 9.17) is 0 Å². The summed E-state index contributed by atoms with van der Waals surface area (Å²) >= 11 is 0. The Labute approximate surface area is 126 Å². The van der Waals surface area contributed by atoms with E-state index in [1.54, 1.807) is 0 Å². The van der Waals surface area contributed by atoms with Gasteiger partial charge in [-0.05, 0) is 19.5 Å². The van der Waals surface area contributed by atoms with Crippen LogP contribution in [0.2, 0.25) is 0 Å². The maximum atomic E-state index is 12.2. The van der Waals surface area contributed by atoms with Crippen molar-refractivity contribution in [3.63, 3.8) is 0 Å². The Balaban J connectivity index is 1.78. The van der Waals surface area contributed by atoms with Crippen molar-refractivity contribution in [2.45, 2.75) is 25.6 Å². The fraction of sp³-hybridized carbons (Fsp3) is 0.562. The van der Waals surface area contributed by atoms with Crippen LogP contribution in [0.3, 0.4) is 0 Å². The van der Waals surface area contributed by atoms with Crippen molar-refractivity contribution in [1.29, 1.82) is 0 Å². The molecule has 0 radical (unpaired) electrons. The van der Waals surface area contributed by atoms with Gasteiger partial charge in [-0.1, -0.05) is 30.3 Å². The molecule has 1 aromatic rings. The molecule has 1 aliphatic heterocycles. The highest BCUT2D eigenvalue weighted by Gasteiger charge is 2.26. The minimum atomic E-state index is -0.359. The van der Waals surface area contributed by atoms with Gasteiger partial charge in [0.1, 0.15) is 0 Å². The Kier molecular flexibility index (Phi) is 5.73. The number of nitrogens with one attached hydrogen (secondary N) is 2. The molecule has 1 aliphatic rings. The third kappa shape index (κ3) is 4.52. The summed E-state index contributed by atoms with van der Waals surface area (Å²) in [7, 11) is 1.95. The molecule has 1 heterocycles. The van der Waals surface area contributed by atoms with Gasteiger partial charge in [0.25, 0.3) is 0 Å². The van der Waals surface area contributed by atoms with Crippen molar-refractivity contribution >= 4 is 5.91 Å². The Hall–Kier alpha value is -1.43. The van der Waals surface area contributed by atoms with E-state index in [1.807, 2.05) is 37.1 Å². The minimum Gasteiger partial charge on any atom is -0.391 e. The highest BCUT2D eigenvalue weighted by molar-refractivity contribution is 5.81. The Morgan fingerprint density at radius 1 is 1.43 bits per heavy atom. The van der Waals surface area contributed by atoms with Crippen LogP contribution in [-0.4, -0.2) is 54.7 Å². The lowest BCUT2D eigenvalue weighted by Crippen LogP contribution is -2.45. The lowest BCUT2D eigenvalue weighted by molar-refractivity contribution is -0.125. The predicted octanol–water partition coefficient (Wildman–Crippen LogP) is 0.203. The van der Waals surface area contributed by atoms with E-state index in [0.29, 0.717) is 13.1 Å². The summed E-state index contributed by atoms with van der Waals surface area (Å²) in [5, 5.41) is 15.8. The fourth-order valence-electron chi connectivity index (χ4n) is 2.52. The van der Waals surface area contributed by atoms with E-state index < -0.39 is 0 Å². The molecule has 1 aromatic carbocycles. The van der Waals surface area contributed by atoms with E-state index in [-0.39, 0.29) is 24.0 Å². The average Bonchev–Trinajstić information content (AvgIpc) is 2.90. The van der Waals surface area contributed by atoms with E-state index >= 15 is 0 Å². The SMILES string of the molecule is CC(C(=O)NCC1CNCC1O)N(C)Cc1ccccc1. The van der Waals surface area contributed by atoms with Crippen molar-refractivity contribution in [2.24, 2.45) is 5.92 Å². The van der Waals surface area contributed by atoms with E-state index in [0.717, 1.165) is 13.1 Å². The maximum Gasteiger partial charge on any atom is 0.237 e. The first-order valence-electron chi connectivity index (χ1n) is 7.48. The van der Waals surface area contributed by atoms with Crippen molar-refractivity contribution < 1.29 is 9.90 Å². The number of nitrogens with zero attached hydrogens (tertiary/aromatic N) is 1. The van der Waals surface area contributed by atoms with Crippen LogP contribution in [0.25, 0.3) is 0 Å². The molecule has 0 saturated carbocycles. The van der Waals surface area contributed by atoms with Gasteiger partial charge in [0.15, 0.2) is 0 Å². The summed E-state index contributed by atoms with van der Waals surface area (Å²) in [5.74, 6) is 0.119. The zero-order chi connectivity index (χ0) is 15.2. The van der Waals surface area contributed by atoms with E-state index in [1.165, 1.54) is 5.56 Å². The van der Waals surface area contributed by atoms with Crippen LogP contribution in [0.5, 0.6) is 0 Å². The molecule has 5 nitrogen and oxygen atoms in total. The van der Waals surface area contributed by atoms with Gasteiger partial charge in [0, 0.05) is 32.1 Å². The monoisotopic (exact) mass is 291 g/mol. The van der Waals surface area contributed by atoms with Crippen LogP contribution in [0.1, 0.15) is 12.5 Å². The van der Waals surface area contributed by atoms with E-state index in [9.17, 15) is 9.90 Å². The molecule has 3 N–H and O–H groups in total. The third-order valence-electron chi connectivity index (χ3n) is 4.16. The van der Waals surface area contributed by atoms with Crippen LogP contribution < -0.4 is 10.6 Å². The molecule has 116 valence electrons. The Morgan fingerprint density at radius 2 is 2.14 bits per heavy atom. The average molecular weight is 291 g/mol. The third-order valence-corrected chi connectivity index (χ3v) is 4.16. The molecule has 1 amide bonds. The van der Waals surface area contributed by atoms with Gasteiger partial charge in [0.05, 0.1) is 12.1 Å². The summed E-state index contributed by atoms with van der Waals surface area (Å²) in [6.45, 7) is 4.54. The summed E-state index contributed by atoms with van der Waals surface area (Å²) < 4.78 is 0. The number of likely N-dealkylation sites (N-methyl/N-ethyl adjacent to an activating group) is 1. The molecule has 1 fully saturated rings. The second-order valence-electron chi connectivity index (χ2n) is 5.81. The molecule has 2 rings (SSSR count). The molecule has 5 heteroatoms. The Morgan fingerprint density at radius 3 is 2.76 bits per heavy atom. The molecule has 0 bridgehead atoms. The number of amides is 1. The van der Waals surface area contributed by atoms with Crippen LogP contribution in [-0.2, 0) is 11.3 Å². The molecular weight excluding hydrogens is 266 g/mol. The first-order chi connectivity index (χ1) is 10.1. The van der Waals surface area contributed by atoms with Crippen molar-refractivity contribution in [3.8, 4) is 0 Å². The fourth-order valence-corrected chi connectivity index (χ4v) is 2.52. The summed E-state index contributed by atoms with van der Waals surface area (Å²) in [4.78, 5) is 14.2. The molecule has 3 atom stereocenters.